The Morgan fingerprint density at radius 2 is 1.75 bits per heavy atom. The monoisotopic (exact) mass is 238 g/mol. The third kappa shape index (κ3) is 1.89. The average Bonchev–Trinajstić information content (AvgIpc) is 2.55. The first kappa shape index (κ1) is 11.3. The van der Waals surface area contributed by atoms with Gasteiger partial charge in [0.05, 0.1) is 0 Å². The molecule has 0 radical (unpaired) electrons. The van der Waals surface area contributed by atoms with Gasteiger partial charge in [-0.15, -0.1) is 9.21 Å². The van der Waals surface area contributed by atoms with E-state index in [9.17, 15) is 9.59 Å². The molecule has 1 fully saturated rings. The van der Waals surface area contributed by atoms with E-state index >= 15 is 0 Å². The van der Waals surface area contributed by atoms with Crippen molar-refractivity contribution in [1.82, 2.24) is 0 Å². The second-order valence-corrected chi connectivity index (χ2v) is 4.97. The Kier molecular flexibility index (Phi) is 3.09. The van der Waals surface area contributed by atoms with Gasteiger partial charge in [0.2, 0.25) is 11.9 Å². The van der Waals surface area contributed by atoms with Crippen molar-refractivity contribution in [2.75, 3.05) is 0 Å². The van der Waals surface area contributed by atoms with Crippen LogP contribution in [0, 0.1) is 0 Å². The normalized spacial score (nSPS) is 25.4. The third-order valence-electron chi connectivity index (χ3n) is 2.48. The minimum absolute atomic E-state index is 0.00582. The SMILES string of the molecule is CC(C)[NH+]1C(=O)S[NH+](c2ccccc2)C1=O. The van der Waals surface area contributed by atoms with Crippen molar-refractivity contribution in [1.29, 1.82) is 0 Å². The topological polar surface area (TPSA) is 43.0 Å². The molecule has 2 unspecified atom stereocenters. The minimum Gasteiger partial charge on any atom is -0.212 e. The number of nitrogens with one attached hydrogen (secondary N) is 2. The van der Waals surface area contributed by atoms with Crippen LogP contribution >= 0.6 is 11.9 Å². The molecule has 2 atom stereocenters. The van der Waals surface area contributed by atoms with E-state index in [1.165, 1.54) is 0 Å². The van der Waals surface area contributed by atoms with Crippen molar-refractivity contribution >= 4 is 28.9 Å². The number of carbonyl (C=O) groups is 2. The zero-order valence-electron chi connectivity index (χ0n) is 9.19. The van der Waals surface area contributed by atoms with Crippen LogP contribution in [0.15, 0.2) is 30.3 Å². The van der Waals surface area contributed by atoms with Gasteiger partial charge in [0, 0.05) is 12.1 Å². The quantitative estimate of drug-likeness (QED) is 0.733. The number of para-hydroxylation sites is 1. The van der Waals surface area contributed by atoms with Gasteiger partial charge in [-0.3, -0.25) is 0 Å². The average molecular weight is 238 g/mol. The molecular weight excluding hydrogens is 224 g/mol. The summed E-state index contributed by atoms with van der Waals surface area (Å²) in [5.74, 6) is 0. The molecule has 0 saturated carbocycles. The Morgan fingerprint density at radius 1 is 1.12 bits per heavy atom. The summed E-state index contributed by atoms with van der Waals surface area (Å²) < 4.78 is 0.564. The molecule has 0 aromatic heterocycles. The van der Waals surface area contributed by atoms with Crippen LogP contribution in [0.2, 0.25) is 0 Å². The van der Waals surface area contributed by atoms with Gasteiger partial charge in [-0.05, 0) is 13.8 Å². The fraction of sp³-hybridized carbons (Fsp3) is 0.273. The minimum atomic E-state index is -0.101. The molecule has 1 aromatic rings. The molecule has 2 N–H and O–H groups in total. The number of hydrogen-bond donors (Lipinski definition) is 2. The van der Waals surface area contributed by atoms with Crippen molar-refractivity contribution in [3.05, 3.63) is 30.3 Å². The third-order valence-corrected chi connectivity index (χ3v) is 3.51. The molecule has 0 aliphatic carbocycles. The lowest BCUT2D eigenvalue weighted by Gasteiger charge is -2.07. The number of urea groups is 1. The summed E-state index contributed by atoms with van der Waals surface area (Å²) in [6, 6.07) is 9.24. The zero-order chi connectivity index (χ0) is 11.7. The number of amides is 3. The Morgan fingerprint density at radius 3 is 2.25 bits per heavy atom. The molecule has 2 rings (SSSR count). The standard InChI is InChI=1S/C11H12N2O2S/c1-8(2)12-10(14)13(16-11(12)15)9-6-4-3-5-7-9/h3-8H,1-2H3/p+2. The molecular formula is C11H14N2O2S+2. The van der Waals surface area contributed by atoms with Crippen LogP contribution in [-0.4, -0.2) is 17.3 Å². The van der Waals surface area contributed by atoms with E-state index < -0.39 is 0 Å². The summed E-state index contributed by atoms with van der Waals surface area (Å²) in [5.41, 5.74) is 0.835. The molecule has 84 valence electrons. The number of benzene rings is 1. The Bertz CT molecular complexity index is 419. The molecule has 4 nitrogen and oxygen atoms in total. The first-order valence-electron chi connectivity index (χ1n) is 5.17. The highest BCUT2D eigenvalue weighted by Crippen LogP contribution is 2.05. The van der Waals surface area contributed by atoms with E-state index in [1.54, 1.807) is 0 Å². The number of rotatable bonds is 2. The molecule has 16 heavy (non-hydrogen) atoms. The van der Waals surface area contributed by atoms with Gasteiger partial charge < -0.3 is 0 Å². The van der Waals surface area contributed by atoms with E-state index in [0.717, 1.165) is 17.6 Å². The summed E-state index contributed by atoms with van der Waals surface area (Å²) in [6.45, 7) is 3.75. The van der Waals surface area contributed by atoms with Crippen LogP contribution in [0.5, 0.6) is 0 Å². The Labute approximate surface area is 98.4 Å². The maximum Gasteiger partial charge on any atom is 0.536 e. The van der Waals surface area contributed by atoms with Gasteiger partial charge in [0.25, 0.3) is 0 Å². The van der Waals surface area contributed by atoms with Gasteiger partial charge in [-0.25, -0.2) is 4.79 Å². The lowest BCUT2D eigenvalue weighted by molar-refractivity contribution is -0.808. The zero-order valence-corrected chi connectivity index (χ0v) is 10.0. The molecule has 5 heteroatoms. The molecule has 1 aliphatic heterocycles. The van der Waals surface area contributed by atoms with Crippen molar-refractivity contribution in [2.45, 2.75) is 19.9 Å². The van der Waals surface area contributed by atoms with E-state index in [1.807, 2.05) is 44.2 Å². The maximum absolute atomic E-state index is 12.0. The van der Waals surface area contributed by atoms with E-state index in [4.69, 9.17) is 0 Å². The van der Waals surface area contributed by atoms with E-state index in [-0.39, 0.29) is 17.3 Å². The van der Waals surface area contributed by atoms with Crippen molar-refractivity contribution in [3.8, 4) is 0 Å². The summed E-state index contributed by atoms with van der Waals surface area (Å²) in [7, 11) is 0. The first-order chi connectivity index (χ1) is 7.61. The van der Waals surface area contributed by atoms with Crippen LogP contribution in [0.25, 0.3) is 0 Å². The van der Waals surface area contributed by atoms with Crippen LogP contribution in [-0.2, 0) is 0 Å². The van der Waals surface area contributed by atoms with E-state index in [2.05, 4.69) is 0 Å². The molecule has 1 saturated heterocycles. The van der Waals surface area contributed by atoms with Gasteiger partial charge in [-0.2, -0.15) is 4.79 Å². The van der Waals surface area contributed by atoms with Gasteiger partial charge in [0.1, 0.15) is 6.04 Å². The predicted octanol–water partition coefficient (Wildman–Crippen LogP) is 0.398. The van der Waals surface area contributed by atoms with Gasteiger partial charge in [-0.1, -0.05) is 18.2 Å². The van der Waals surface area contributed by atoms with Gasteiger partial charge >= 0.3 is 11.3 Å². The fourth-order valence-corrected chi connectivity index (χ4v) is 2.77. The summed E-state index contributed by atoms with van der Waals surface area (Å²) in [5, 5.41) is -0.0983. The van der Waals surface area contributed by atoms with Crippen molar-refractivity contribution < 1.29 is 18.8 Å². The Balaban J connectivity index is 2.28. The van der Waals surface area contributed by atoms with Crippen molar-refractivity contribution in [2.24, 2.45) is 0 Å². The summed E-state index contributed by atoms with van der Waals surface area (Å²) in [6.07, 6.45) is 0. The predicted molar refractivity (Wildman–Crippen MR) is 61.5 cm³/mol. The lowest BCUT2D eigenvalue weighted by Crippen LogP contribution is -3.26. The number of hydrogen-bond acceptors (Lipinski definition) is 3. The highest BCUT2D eigenvalue weighted by atomic mass is 32.2. The smallest absolute Gasteiger partial charge is 0.212 e. The van der Waals surface area contributed by atoms with Crippen LogP contribution in [0.4, 0.5) is 15.3 Å². The fourth-order valence-electron chi connectivity index (χ4n) is 1.69. The number of imide groups is 1. The molecule has 1 aromatic carbocycles. The van der Waals surface area contributed by atoms with Crippen molar-refractivity contribution in [3.63, 3.8) is 0 Å². The summed E-state index contributed by atoms with van der Waals surface area (Å²) >= 11 is 1.05. The maximum atomic E-state index is 12.0. The molecule has 0 spiro atoms. The second kappa shape index (κ2) is 4.37. The molecule has 1 heterocycles. The summed E-state index contributed by atoms with van der Waals surface area (Å²) in [4.78, 5) is 24.2. The molecule has 1 aliphatic rings. The Hall–Kier alpha value is -1.17. The highest BCUT2D eigenvalue weighted by molar-refractivity contribution is 8.08. The van der Waals surface area contributed by atoms with Gasteiger partial charge in [0.15, 0.2) is 5.69 Å². The second-order valence-electron chi connectivity index (χ2n) is 3.98. The highest BCUT2D eigenvalue weighted by Gasteiger charge is 2.52. The largest absolute Gasteiger partial charge is 0.536 e. The van der Waals surface area contributed by atoms with Crippen LogP contribution in [0.3, 0.4) is 0 Å². The number of quaternary nitrogens is 2. The van der Waals surface area contributed by atoms with Crippen LogP contribution < -0.4 is 9.21 Å². The number of carbonyl (C=O) groups excluding carboxylic acids is 2. The van der Waals surface area contributed by atoms with E-state index in [0.29, 0.717) is 9.21 Å². The van der Waals surface area contributed by atoms with Crippen LogP contribution in [0.1, 0.15) is 13.8 Å². The lowest BCUT2D eigenvalue weighted by atomic mass is 10.3. The molecule has 3 amide bonds. The first-order valence-corrected chi connectivity index (χ1v) is 5.99. The molecule has 0 bridgehead atoms.